The zero-order valence-electron chi connectivity index (χ0n) is 15.8. The SMILES string of the molecule is CCc1ccc(NC(=O)c2ccnc(C(=O)NC3CCCCCC3)c2)cc1. The quantitative estimate of drug-likeness (QED) is 0.774. The number of aromatic nitrogens is 1. The molecule has 1 aliphatic rings. The predicted octanol–water partition coefficient (Wildman–Crippen LogP) is 4.35. The van der Waals surface area contributed by atoms with Crippen molar-refractivity contribution in [2.75, 3.05) is 5.32 Å². The molecule has 5 nitrogen and oxygen atoms in total. The molecular formula is C22H27N3O2. The van der Waals surface area contributed by atoms with E-state index in [4.69, 9.17) is 0 Å². The minimum atomic E-state index is -0.245. The summed E-state index contributed by atoms with van der Waals surface area (Å²) >= 11 is 0. The fourth-order valence-electron chi connectivity index (χ4n) is 3.41. The summed E-state index contributed by atoms with van der Waals surface area (Å²) in [7, 11) is 0. The molecule has 27 heavy (non-hydrogen) atoms. The summed E-state index contributed by atoms with van der Waals surface area (Å²) < 4.78 is 0. The molecule has 0 saturated heterocycles. The Morgan fingerprint density at radius 3 is 2.37 bits per heavy atom. The Balaban J connectivity index is 1.64. The average Bonchev–Trinajstić information content (AvgIpc) is 2.97. The van der Waals surface area contributed by atoms with Gasteiger partial charge in [-0.2, -0.15) is 0 Å². The molecule has 1 aromatic carbocycles. The lowest BCUT2D eigenvalue weighted by molar-refractivity contribution is 0.0928. The third-order valence-electron chi connectivity index (χ3n) is 5.07. The zero-order valence-corrected chi connectivity index (χ0v) is 15.8. The van der Waals surface area contributed by atoms with Crippen LogP contribution in [0.25, 0.3) is 0 Å². The molecule has 0 bridgehead atoms. The minimum Gasteiger partial charge on any atom is -0.348 e. The van der Waals surface area contributed by atoms with Gasteiger partial charge in [-0.3, -0.25) is 14.6 Å². The highest BCUT2D eigenvalue weighted by molar-refractivity contribution is 6.05. The molecule has 0 aliphatic heterocycles. The Kier molecular flexibility index (Phi) is 6.58. The standard InChI is InChI=1S/C22H27N3O2/c1-2-16-9-11-19(12-10-16)24-21(26)17-13-14-23-20(15-17)22(27)25-18-7-5-3-4-6-8-18/h9-15,18H,2-8H2,1H3,(H,24,26)(H,25,27). The molecule has 1 aromatic heterocycles. The van der Waals surface area contributed by atoms with Gasteiger partial charge in [0.05, 0.1) is 0 Å². The molecule has 1 fully saturated rings. The van der Waals surface area contributed by atoms with Crippen molar-refractivity contribution in [1.29, 1.82) is 0 Å². The van der Waals surface area contributed by atoms with Gasteiger partial charge in [0.25, 0.3) is 11.8 Å². The highest BCUT2D eigenvalue weighted by Crippen LogP contribution is 2.18. The highest BCUT2D eigenvalue weighted by atomic mass is 16.2. The number of carbonyl (C=O) groups is 2. The maximum absolute atomic E-state index is 12.5. The Bertz CT molecular complexity index is 778. The van der Waals surface area contributed by atoms with Crippen LogP contribution < -0.4 is 10.6 Å². The Labute approximate surface area is 160 Å². The second-order valence-electron chi connectivity index (χ2n) is 7.10. The first kappa shape index (κ1) is 19.1. The van der Waals surface area contributed by atoms with E-state index in [1.165, 1.54) is 24.6 Å². The third-order valence-corrected chi connectivity index (χ3v) is 5.07. The van der Waals surface area contributed by atoms with Gasteiger partial charge in [-0.15, -0.1) is 0 Å². The second kappa shape index (κ2) is 9.31. The van der Waals surface area contributed by atoms with Crippen LogP contribution >= 0.6 is 0 Å². The molecule has 142 valence electrons. The first-order valence-corrected chi connectivity index (χ1v) is 9.83. The smallest absolute Gasteiger partial charge is 0.270 e. The molecule has 0 atom stereocenters. The molecule has 1 saturated carbocycles. The minimum absolute atomic E-state index is 0.205. The average molecular weight is 365 g/mol. The lowest BCUT2D eigenvalue weighted by Gasteiger charge is -2.16. The number of pyridine rings is 1. The van der Waals surface area contributed by atoms with Crippen LogP contribution in [0.5, 0.6) is 0 Å². The van der Waals surface area contributed by atoms with E-state index >= 15 is 0 Å². The second-order valence-corrected chi connectivity index (χ2v) is 7.10. The van der Waals surface area contributed by atoms with E-state index in [0.717, 1.165) is 37.8 Å². The van der Waals surface area contributed by atoms with Crippen molar-refractivity contribution >= 4 is 17.5 Å². The third kappa shape index (κ3) is 5.39. The van der Waals surface area contributed by atoms with Gasteiger partial charge in [0, 0.05) is 23.5 Å². The Morgan fingerprint density at radius 1 is 1.00 bits per heavy atom. The maximum atomic E-state index is 12.5. The van der Waals surface area contributed by atoms with Gasteiger partial charge in [-0.1, -0.05) is 44.7 Å². The van der Waals surface area contributed by atoms with E-state index < -0.39 is 0 Å². The van der Waals surface area contributed by atoms with Gasteiger partial charge in [0.15, 0.2) is 0 Å². The zero-order chi connectivity index (χ0) is 19.1. The van der Waals surface area contributed by atoms with Crippen LogP contribution in [-0.4, -0.2) is 22.8 Å². The van der Waals surface area contributed by atoms with E-state index in [9.17, 15) is 9.59 Å². The largest absolute Gasteiger partial charge is 0.348 e. The predicted molar refractivity (Wildman–Crippen MR) is 107 cm³/mol. The summed E-state index contributed by atoms with van der Waals surface area (Å²) in [6.07, 6.45) is 9.27. The molecule has 2 aromatic rings. The maximum Gasteiger partial charge on any atom is 0.270 e. The summed E-state index contributed by atoms with van der Waals surface area (Å²) in [5, 5.41) is 5.94. The van der Waals surface area contributed by atoms with Crippen molar-refractivity contribution in [2.24, 2.45) is 0 Å². The van der Waals surface area contributed by atoms with Crippen molar-refractivity contribution in [3.8, 4) is 0 Å². The van der Waals surface area contributed by atoms with E-state index in [1.807, 2.05) is 24.3 Å². The topological polar surface area (TPSA) is 71.1 Å². The fourth-order valence-corrected chi connectivity index (χ4v) is 3.41. The molecule has 2 N–H and O–H groups in total. The highest BCUT2D eigenvalue weighted by Gasteiger charge is 2.17. The van der Waals surface area contributed by atoms with Gasteiger partial charge in [-0.25, -0.2) is 0 Å². The number of rotatable bonds is 5. The number of hydrogen-bond donors (Lipinski definition) is 2. The Hall–Kier alpha value is -2.69. The van der Waals surface area contributed by atoms with Gasteiger partial charge < -0.3 is 10.6 Å². The van der Waals surface area contributed by atoms with Gasteiger partial charge in [0.2, 0.25) is 0 Å². The van der Waals surface area contributed by atoms with E-state index in [2.05, 4.69) is 22.5 Å². The summed E-state index contributed by atoms with van der Waals surface area (Å²) in [5.41, 5.74) is 2.66. The number of aryl methyl sites for hydroxylation is 1. The van der Waals surface area contributed by atoms with Crippen molar-refractivity contribution in [2.45, 2.75) is 57.9 Å². The van der Waals surface area contributed by atoms with E-state index in [1.54, 1.807) is 12.1 Å². The first-order chi connectivity index (χ1) is 13.2. The number of benzene rings is 1. The van der Waals surface area contributed by atoms with E-state index in [0.29, 0.717) is 5.56 Å². The van der Waals surface area contributed by atoms with Gasteiger partial charge in [0.1, 0.15) is 5.69 Å². The van der Waals surface area contributed by atoms with Crippen molar-refractivity contribution in [3.05, 3.63) is 59.4 Å². The summed E-state index contributed by atoms with van der Waals surface area (Å²) in [6, 6.07) is 11.1. The Morgan fingerprint density at radius 2 is 1.70 bits per heavy atom. The van der Waals surface area contributed by atoms with Crippen LogP contribution in [0.3, 0.4) is 0 Å². The van der Waals surface area contributed by atoms with E-state index in [-0.39, 0.29) is 23.6 Å². The molecule has 3 rings (SSSR count). The van der Waals surface area contributed by atoms with Crippen LogP contribution in [0.15, 0.2) is 42.6 Å². The molecule has 2 amide bonds. The molecule has 5 heteroatoms. The normalized spacial score (nSPS) is 15.0. The van der Waals surface area contributed by atoms with Crippen molar-refractivity contribution in [1.82, 2.24) is 10.3 Å². The van der Waals surface area contributed by atoms with Crippen molar-refractivity contribution in [3.63, 3.8) is 0 Å². The summed E-state index contributed by atoms with van der Waals surface area (Å²) in [6.45, 7) is 2.09. The van der Waals surface area contributed by atoms with Gasteiger partial charge in [-0.05, 0) is 49.1 Å². The van der Waals surface area contributed by atoms with Gasteiger partial charge >= 0.3 is 0 Å². The van der Waals surface area contributed by atoms with Crippen molar-refractivity contribution < 1.29 is 9.59 Å². The van der Waals surface area contributed by atoms with Crippen LogP contribution in [0.4, 0.5) is 5.69 Å². The lowest BCUT2D eigenvalue weighted by Crippen LogP contribution is -2.35. The number of anilines is 1. The number of nitrogens with one attached hydrogen (secondary N) is 2. The first-order valence-electron chi connectivity index (χ1n) is 9.83. The lowest BCUT2D eigenvalue weighted by atomic mass is 10.1. The number of amides is 2. The number of nitrogens with zero attached hydrogens (tertiary/aromatic N) is 1. The molecule has 1 aliphatic carbocycles. The molecule has 1 heterocycles. The summed E-state index contributed by atoms with van der Waals surface area (Å²) in [4.78, 5) is 29.2. The van der Waals surface area contributed by atoms with Crippen LogP contribution in [0.2, 0.25) is 0 Å². The number of hydrogen-bond acceptors (Lipinski definition) is 3. The number of carbonyl (C=O) groups excluding carboxylic acids is 2. The van der Waals surface area contributed by atoms with Crippen LogP contribution in [-0.2, 0) is 6.42 Å². The van der Waals surface area contributed by atoms with Crippen LogP contribution in [0.1, 0.15) is 71.9 Å². The fraction of sp³-hybridized carbons (Fsp3) is 0.409. The molecular weight excluding hydrogens is 338 g/mol. The molecule has 0 unspecified atom stereocenters. The van der Waals surface area contributed by atoms with Crippen LogP contribution in [0, 0.1) is 0 Å². The monoisotopic (exact) mass is 365 g/mol. The summed E-state index contributed by atoms with van der Waals surface area (Å²) in [5.74, 6) is -0.450. The molecule has 0 spiro atoms. The molecule has 0 radical (unpaired) electrons.